The molecule has 0 aliphatic heterocycles. The van der Waals surface area contributed by atoms with Gasteiger partial charge in [-0.3, -0.25) is 9.59 Å². The Kier molecular flexibility index (Phi) is 6.07. The number of benzene rings is 1. The lowest BCUT2D eigenvalue weighted by Gasteiger charge is -2.22. The summed E-state index contributed by atoms with van der Waals surface area (Å²) in [6, 6.07) is 3.41. The van der Waals surface area contributed by atoms with Gasteiger partial charge >= 0.3 is 0 Å². The van der Waals surface area contributed by atoms with Crippen LogP contribution in [0, 0.1) is 6.92 Å². The molecule has 0 spiro atoms. The average Bonchev–Trinajstić information content (AvgIpc) is 2.98. The van der Waals surface area contributed by atoms with E-state index >= 15 is 0 Å². The first-order valence-corrected chi connectivity index (χ1v) is 8.45. The first-order chi connectivity index (χ1) is 11.4. The zero-order valence-electron chi connectivity index (χ0n) is 14.1. The molecule has 6 nitrogen and oxygen atoms in total. The number of carbonyl (C=O) groups excluding carboxylic acids is 2. The van der Waals surface area contributed by atoms with E-state index in [0.717, 1.165) is 18.4 Å². The number of amides is 2. The molecule has 2 amide bonds. The molecule has 132 valence electrons. The van der Waals surface area contributed by atoms with E-state index in [9.17, 15) is 9.59 Å². The molecule has 0 saturated heterocycles. The normalized spacial score (nSPS) is 15.8. The van der Waals surface area contributed by atoms with Crippen molar-refractivity contribution >= 4 is 29.1 Å². The Hall–Kier alpha value is -1.79. The van der Waals surface area contributed by atoms with Crippen LogP contribution in [0.5, 0.6) is 5.75 Å². The van der Waals surface area contributed by atoms with E-state index in [4.69, 9.17) is 22.1 Å². The minimum Gasteiger partial charge on any atom is -0.495 e. The summed E-state index contributed by atoms with van der Waals surface area (Å²) in [7, 11) is 1.51. The molecule has 1 aromatic carbocycles. The second-order valence-corrected chi connectivity index (χ2v) is 6.63. The van der Waals surface area contributed by atoms with Gasteiger partial charge in [-0.25, -0.2) is 0 Å². The van der Waals surface area contributed by atoms with Crippen LogP contribution >= 0.6 is 11.6 Å². The van der Waals surface area contributed by atoms with Crippen molar-refractivity contribution in [2.75, 3.05) is 19.0 Å². The number of carbonyl (C=O) groups is 2. The molecule has 1 saturated carbocycles. The van der Waals surface area contributed by atoms with Gasteiger partial charge in [0.2, 0.25) is 11.8 Å². The summed E-state index contributed by atoms with van der Waals surface area (Å²) in [5.74, 6) is 0.107. The van der Waals surface area contributed by atoms with Crippen LogP contribution < -0.4 is 21.1 Å². The molecule has 7 heteroatoms. The molecule has 0 heterocycles. The van der Waals surface area contributed by atoms with Crippen LogP contribution in [-0.2, 0) is 9.59 Å². The number of hydrogen-bond acceptors (Lipinski definition) is 4. The topological polar surface area (TPSA) is 93.5 Å². The van der Waals surface area contributed by atoms with Gasteiger partial charge in [0.25, 0.3) is 0 Å². The Morgan fingerprint density at radius 3 is 2.62 bits per heavy atom. The van der Waals surface area contributed by atoms with Crippen LogP contribution in [0.2, 0.25) is 5.02 Å². The highest BCUT2D eigenvalue weighted by molar-refractivity contribution is 6.31. The number of halogens is 1. The maximum atomic E-state index is 12.1. The molecule has 1 fully saturated rings. The molecule has 1 aromatic rings. The van der Waals surface area contributed by atoms with Gasteiger partial charge in [0, 0.05) is 24.1 Å². The zero-order chi connectivity index (χ0) is 17.7. The van der Waals surface area contributed by atoms with Crippen molar-refractivity contribution in [1.29, 1.82) is 0 Å². The van der Waals surface area contributed by atoms with E-state index in [-0.39, 0.29) is 24.8 Å². The lowest BCUT2D eigenvalue weighted by Crippen LogP contribution is -2.52. The number of hydrogen-bond donors (Lipinski definition) is 3. The van der Waals surface area contributed by atoms with E-state index in [1.54, 1.807) is 12.1 Å². The highest BCUT2D eigenvalue weighted by atomic mass is 35.5. The van der Waals surface area contributed by atoms with Crippen molar-refractivity contribution < 1.29 is 14.3 Å². The minimum absolute atomic E-state index is 0.159. The van der Waals surface area contributed by atoms with Gasteiger partial charge < -0.3 is 21.1 Å². The molecule has 1 aliphatic carbocycles. The Morgan fingerprint density at radius 1 is 1.33 bits per heavy atom. The van der Waals surface area contributed by atoms with Crippen molar-refractivity contribution in [3.8, 4) is 5.75 Å². The van der Waals surface area contributed by atoms with Crippen molar-refractivity contribution in [1.82, 2.24) is 5.32 Å². The summed E-state index contributed by atoms with van der Waals surface area (Å²) in [5.41, 5.74) is 6.70. The van der Waals surface area contributed by atoms with E-state index in [2.05, 4.69) is 10.6 Å². The Morgan fingerprint density at radius 2 is 2.00 bits per heavy atom. The second-order valence-electron chi connectivity index (χ2n) is 6.22. The smallest absolute Gasteiger partial charge is 0.240 e. The van der Waals surface area contributed by atoms with E-state index in [1.165, 1.54) is 7.11 Å². The molecular formula is C17H24ClN3O3. The van der Waals surface area contributed by atoms with Crippen LogP contribution in [0.15, 0.2) is 12.1 Å². The molecule has 0 atom stereocenters. The summed E-state index contributed by atoms with van der Waals surface area (Å²) in [6.45, 7) is 2.10. The second kappa shape index (κ2) is 7.85. The predicted octanol–water partition coefficient (Wildman–Crippen LogP) is 2.37. The Labute approximate surface area is 147 Å². The fraction of sp³-hybridized carbons (Fsp3) is 0.529. The van der Waals surface area contributed by atoms with Gasteiger partial charge in [-0.05, 0) is 31.4 Å². The molecule has 24 heavy (non-hydrogen) atoms. The number of nitrogens with one attached hydrogen (secondary N) is 2. The van der Waals surface area contributed by atoms with Gasteiger partial charge in [0.05, 0.1) is 18.3 Å². The third-order valence-electron chi connectivity index (χ3n) is 4.34. The average molecular weight is 354 g/mol. The molecule has 0 aromatic heterocycles. The molecular weight excluding hydrogens is 330 g/mol. The van der Waals surface area contributed by atoms with Gasteiger partial charge in [-0.15, -0.1) is 0 Å². The maximum Gasteiger partial charge on any atom is 0.240 e. The van der Waals surface area contributed by atoms with Crippen LogP contribution in [0.1, 0.15) is 37.7 Å². The number of methoxy groups -OCH3 is 1. The maximum absolute atomic E-state index is 12.1. The molecule has 0 unspecified atom stereocenters. The fourth-order valence-electron chi connectivity index (χ4n) is 2.84. The largest absolute Gasteiger partial charge is 0.495 e. The summed E-state index contributed by atoms with van der Waals surface area (Å²) in [6.07, 6.45) is 3.51. The predicted molar refractivity (Wildman–Crippen MR) is 94.4 cm³/mol. The van der Waals surface area contributed by atoms with Gasteiger partial charge in [0.15, 0.2) is 0 Å². The van der Waals surface area contributed by atoms with E-state index in [0.29, 0.717) is 29.3 Å². The number of anilines is 1. The third-order valence-corrected chi connectivity index (χ3v) is 4.75. The highest BCUT2D eigenvalue weighted by Crippen LogP contribution is 2.31. The van der Waals surface area contributed by atoms with Crippen LogP contribution in [-0.4, -0.2) is 31.0 Å². The van der Waals surface area contributed by atoms with E-state index in [1.807, 2.05) is 6.92 Å². The molecule has 2 rings (SSSR count). The summed E-state index contributed by atoms with van der Waals surface area (Å²) >= 11 is 6.04. The lowest BCUT2D eigenvalue weighted by molar-refractivity contribution is -0.126. The zero-order valence-corrected chi connectivity index (χ0v) is 14.8. The SMILES string of the molecule is COc1cc(Cl)c(C)cc1NC(=O)CCNC(=O)C1(N)CCCC1. The molecule has 1 aliphatic rings. The first kappa shape index (κ1) is 18.5. The fourth-order valence-corrected chi connectivity index (χ4v) is 2.99. The van der Waals surface area contributed by atoms with Crippen molar-refractivity contribution in [3.63, 3.8) is 0 Å². The van der Waals surface area contributed by atoms with Crippen LogP contribution in [0.4, 0.5) is 5.69 Å². The quantitative estimate of drug-likeness (QED) is 0.732. The number of rotatable bonds is 6. The number of nitrogens with two attached hydrogens (primary N) is 1. The van der Waals surface area contributed by atoms with Crippen molar-refractivity contribution in [3.05, 3.63) is 22.7 Å². The Balaban J connectivity index is 1.85. The lowest BCUT2D eigenvalue weighted by atomic mass is 9.98. The van der Waals surface area contributed by atoms with Crippen LogP contribution in [0.25, 0.3) is 0 Å². The number of aryl methyl sites for hydroxylation is 1. The van der Waals surface area contributed by atoms with Gasteiger partial charge in [0.1, 0.15) is 5.75 Å². The third kappa shape index (κ3) is 4.39. The van der Waals surface area contributed by atoms with Gasteiger partial charge in [-0.1, -0.05) is 24.4 Å². The molecule has 0 bridgehead atoms. The van der Waals surface area contributed by atoms with Crippen molar-refractivity contribution in [2.45, 2.75) is 44.6 Å². The van der Waals surface area contributed by atoms with Crippen molar-refractivity contribution in [2.24, 2.45) is 5.73 Å². The first-order valence-electron chi connectivity index (χ1n) is 8.07. The summed E-state index contributed by atoms with van der Waals surface area (Å²) in [5, 5.41) is 6.10. The monoisotopic (exact) mass is 353 g/mol. The minimum atomic E-state index is -0.771. The van der Waals surface area contributed by atoms with E-state index < -0.39 is 5.54 Å². The summed E-state index contributed by atoms with van der Waals surface area (Å²) in [4.78, 5) is 24.2. The molecule has 4 N–H and O–H groups in total. The Bertz CT molecular complexity index is 628. The molecule has 0 radical (unpaired) electrons. The highest BCUT2D eigenvalue weighted by Gasteiger charge is 2.36. The standard InChI is InChI=1S/C17H24ClN3O3/c1-11-9-13(14(24-2)10-12(11)18)21-15(22)5-8-20-16(23)17(19)6-3-4-7-17/h9-10H,3-8,19H2,1-2H3,(H,20,23)(H,21,22). The number of ether oxygens (including phenoxy) is 1. The summed E-state index contributed by atoms with van der Waals surface area (Å²) < 4.78 is 5.22. The van der Waals surface area contributed by atoms with Crippen LogP contribution in [0.3, 0.4) is 0 Å². The van der Waals surface area contributed by atoms with Gasteiger partial charge in [-0.2, -0.15) is 0 Å².